The van der Waals surface area contributed by atoms with Crippen molar-refractivity contribution in [2.45, 2.75) is 6.54 Å². The first-order chi connectivity index (χ1) is 11.1. The van der Waals surface area contributed by atoms with Gasteiger partial charge in [0.15, 0.2) is 0 Å². The van der Waals surface area contributed by atoms with Crippen molar-refractivity contribution in [3.63, 3.8) is 0 Å². The lowest BCUT2D eigenvalue weighted by Crippen LogP contribution is -2.24. The second-order valence-electron chi connectivity index (χ2n) is 4.72. The van der Waals surface area contributed by atoms with E-state index in [4.69, 9.17) is 14.6 Å². The van der Waals surface area contributed by atoms with E-state index in [0.717, 1.165) is 11.3 Å². The van der Waals surface area contributed by atoms with Crippen molar-refractivity contribution in [2.24, 2.45) is 0 Å². The van der Waals surface area contributed by atoms with Crippen LogP contribution in [-0.4, -0.2) is 31.2 Å². The summed E-state index contributed by atoms with van der Waals surface area (Å²) in [6.45, 7) is 0.309. The van der Waals surface area contributed by atoms with Gasteiger partial charge in [0.25, 0.3) is 5.91 Å². The molecular formula is C17H17NO5. The second kappa shape index (κ2) is 7.31. The zero-order valence-corrected chi connectivity index (χ0v) is 12.8. The number of benzene rings is 2. The zero-order valence-electron chi connectivity index (χ0n) is 12.8. The fraction of sp³-hybridized carbons (Fsp3) is 0.176. The van der Waals surface area contributed by atoms with Gasteiger partial charge in [-0.05, 0) is 29.8 Å². The molecule has 6 heteroatoms. The summed E-state index contributed by atoms with van der Waals surface area (Å²) < 4.78 is 10.2. The van der Waals surface area contributed by atoms with E-state index in [2.05, 4.69) is 5.32 Å². The van der Waals surface area contributed by atoms with Gasteiger partial charge < -0.3 is 19.9 Å². The van der Waals surface area contributed by atoms with Gasteiger partial charge in [-0.3, -0.25) is 4.79 Å². The second-order valence-corrected chi connectivity index (χ2v) is 4.72. The Morgan fingerprint density at radius 2 is 1.65 bits per heavy atom. The quantitative estimate of drug-likeness (QED) is 0.854. The van der Waals surface area contributed by atoms with Crippen LogP contribution >= 0.6 is 0 Å². The Labute approximate surface area is 133 Å². The highest BCUT2D eigenvalue weighted by molar-refractivity contribution is 6.01. The SMILES string of the molecule is COc1ccc(CNC(=O)c2cccc(C(=O)O)c2OC)cc1. The lowest BCUT2D eigenvalue weighted by atomic mass is 10.1. The standard InChI is InChI=1S/C17H17NO5/c1-22-12-8-6-11(7-9-12)10-18-16(19)13-4-3-5-14(17(20)21)15(13)23-2/h3-9H,10H2,1-2H3,(H,18,19)(H,20,21). The van der Waals surface area contributed by atoms with Gasteiger partial charge in [0.1, 0.15) is 17.1 Å². The molecule has 0 saturated heterocycles. The van der Waals surface area contributed by atoms with Gasteiger partial charge in [0.05, 0.1) is 19.8 Å². The number of amides is 1. The van der Waals surface area contributed by atoms with Crippen LogP contribution in [0.4, 0.5) is 0 Å². The van der Waals surface area contributed by atoms with Crippen molar-refractivity contribution in [1.29, 1.82) is 0 Å². The van der Waals surface area contributed by atoms with Crippen LogP contribution in [0.3, 0.4) is 0 Å². The van der Waals surface area contributed by atoms with Crippen LogP contribution in [0, 0.1) is 0 Å². The lowest BCUT2D eigenvalue weighted by Gasteiger charge is -2.11. The number of carboxylic acid groups (broad SMARTS) is 1. The molecule has 1 amide bonds. The summed E-state index contributed by atoms with van der Waals surface area (Å²) in [5.41, 5.74) is 1.03. The summed E-state index contributed by atoms with van der Waals surface area (Å²) in [6, 6.07) is 11.7. The van der Waals surface area contributed by atoms with Crippen LogP contribution < -0.4 is 14.8 Å². The van der Waals surface area contributed by atoms with Crippen molar-refractivity contribution in [3.05, 3.63) is 59.2 Å². The number of rotatable bonds is 6. The van der Waals surface area contributed by atoms with Crippen LogP contribution in [0.5, 0.6) is 11.5 Å². The Morgan fingerprint density at radius 3 is 2.22 bits per heavy atom. The summed E-state index contributed by atoms with van der Waals surface area (Å²) in [6.07, 6.45) is 0. The van der Waals surface area contributed by atoms with E-state index in [-0.39, 0.29) is 16.9 Å². The number of hydrogen-bond donors (Lipinski definition) is 2. The monoisotopic (exact) mass is 315 g/mol. The molecule has 0 aromatic heterocycles. The molecule has 0 aliphatic rings. The molecule has 0 radical (unpaired) electrons. The summed E-state index contributed by atoms with van der Waals surface area (Å²) in [5, 5.41) is 11.9. The molecule has 2 rings (SSSR count). The van der Waals surface area contributed by atoms with Crippen molar-refractivity contribution < 1.29 is 24.2 Å². The molecular weight excluding hydrogens is 298 g/mol. The minimum Gasteiger partial charge on any atom is -0.497 e. The first-order valence-electron chi connectivity index (χ1n) is 6.88. The maximum absolute atomic E-state index is 12.3. The van der Waals surface area contributed by atoms with E-state index >= 15 is 0 Å². The van der Waals surface area contributed by atoms with Crippen LogP contribution in [0.15, 0.2) is 42.5 Å². The predicted molar refractivity (Wildman–Crippen MR) is 84.1 cm³/mol. The predicted octanol–water partition coefficient (Wildman–Crippen LogP) is 2.33. The van der Waals surface area contributed by atoms with E-state index in [1.165, 1.54) is 25.3 Å². The molecule has 2 aromatic carbocycles. The molecule has 6 nitrogen and oxygen atoms in total. The molecule has 0 heterocycles. The van der Waals surface area contributed by atoms with Crippen LogP contribution in [0.2, 0.25) is 0 Å². The number of methoxy groups -OCH3 is 2. The topological polar surface area (TPSA) is 84.9 Å². The number of ether oxygens (including phenoxy) is 2. The van der Waals surface area contributed by atoms with Gasteiger partial charge in [-0.1, -0.05) is 18.2 Å². The highest BCUT2D eigenvalue weighted by Gasteiger charge is 2.19. The van der Waals surface area contributed by atoms with Crippen molar-refractivity contribution in [2.75, 3.05) is 14.2 Å². The third-order valence-electron chi connectivity index (χ3n) is 3.31. The Hall–Kier alpha value is -3.02. The first-order valence-corrected chi connectivity index (χ1v) is 6.88. The van der Waals surface area contributed by atoms with Crippen LogP contribution in [-0.2, 0) is 6.54 Å². The van der Waals surface area contributed by atoms with E-state index in [1.807, 2.05) is 12.1 Å². The van der Waals surface area contributed by atoms with Crippen molar-refractivity contribution >= 4 is 11.9 Å². The number of carboxylic acids is 1. The number of para-hydroxylation sites is 1. The molecule has 0 fully saturated rings. The fourth-order valence-corrected chi connectivity index (χ4v) is 2.13. The van der Waals surface area contributed by atoms with Gasteiger partial charge in [-0.15, -0.1) is 0 Å². The van der Waals surface area contributed by atoms with E-state index < -0.39 is 11.9 Å². The van der Waals surface area contributed by atoms with Gasteiger partial charge in [-0.25, -0.2) is 4.79 Å². The van der Waals surface area contributed by atoms with Gasteiger partial charge in [-0.2, -0.15) is 0 Å². The minimum absolute atomic E-state index is 0.0484. The van der Waals surface area contributed by atoms with Gasteiger partial charge >= 0.3 is 5.97 Å². The highest BCUT2D eigenvalue weighted by Crippen LogP contribution is 2.24. The molecule has 0 unspecified atom stereocenters. The van der Waals surface area contributed by atoms with Gasteiger partial charge in [0, 0.05) is 6.54 Å². The molecule has 2 aromatic rings. The lowest BCUT2D eigenvalue weighted by molar-refractivity contribution is 0.0693. The number of carbonyl (C=O) groups is 2. The smallest absolute Gasteiger partial charge is 0.339 e. The fourth-order valence-electron chi connectivity index (χ4n) is 2.13. The Kier molecular flexibility index (Phi) is 5.19. The number of hydrogen-bond acceptors (Lipinski definition) is 4. The number of nitrogens with one attached hydrogen (secondary N) is 1. The van der Waals surface area contributed by atoms with Crippen molar-refractivity contribution in [1.82, 2.24) is 5.32 Å². The van der Waals surface area contributed by atoms with Crippen molar-refractivity contribution in [3.8, 4) is 11.5 Å². The summed E-state index contributed by atoms with van der Waals surface area (Å²) in [5.74, 6) is -0.768. The average molecular weight is 315 g/mol. The molecule has 0 bridgehead atoms. The summed E-state index contributed by atoms with van der Waals surface area (Å²) in [4.78, 5) is 23.5. The molecule has 0 atom stereocenters. The summed E-state index contributed by atoms with van der Waals surface area (Å²) in [7, 11) is 2.92. The van der Waals surface area contributed by atoms with Gasteiger partial charge in [0.2, 0.25) is 0 Å². The van der Waals surface area contributed by atoms with Crippen LogP contribution in [0.1, 0.15) is 26.3 Å². The molecule has 0 saturated carbocycles. The highest BCUT2D eigenvalue weighted by atomic mass is 16.5. The minimum atomic E-state index is -1.15. The molecule has 23 heavy (non-hydrogen) atoms. The van der Waals surface area contributed by atoms with E-state index in [1.54, 1.807) is 19.2 Å². The average Bonchev–Trinajstić information content (AvgIpc) is 2.59. The van der Waals surface area contributed by atoms with E-state index in [9.17, 15) is 9.59 Å². The maximum Gasteiger partial charge on any atom is 0.339 e. The Morgan fingerprint density at radius 1 is 1.00 bits per heavy atom. The third kappa shape index (κ3) is 3.79. The Balaban J connectivity index is 2.14. The maximum atomic E-state index is 12.3. The van der Waals surface area contributed by atoms with E-state index in [0.29, 0.717) is 6.54 Å². The third-order valence-corrected chi connectivity index (χ3v) is 3.31. The van der Waals surface area contributed by atoms with Crippen LogP contribution in [0.25, 0.3) is 0 Å². The molecule has 0 spiro atoms. The molecule has 2 N–H and O–H groups in total. The molecule has 0 aliphatic carbocycles. The summed E-state index contributed by atoms with van der Waals surface area (Å²) >= 11 is 0. The largest absolute Gasteiger partial charge is 0.497 e. The number of carbonyl (C=O) groups excluding carboxylic acids is 1. The number of aromatic carboxylic acids is 1. The molecule has 120 valence electrons. The molecule has 0 aliphatic heterocycles. The first kappa shape index (κ1) is 16.4. The Bertz CT molecular complexity index is 709. The normalized spacial score (nSPS) is 10.0. The zero-order chi connectivity index (χ0) is 16.8.